The molecule has 26 heteroatoms. The van der Waals surface area contributed by atoms with Gasteiger partial charge in [0, 0.05) is 0 Å². The molecule has 0 spiro atoms. The van der Waals surface area contributed by atoms with Crippen LogP contribution in [-0.2, 0) is 9.59 Å². The van der Waals surface area contributed by atoms with Gasteiger partial charge in [0.15, 0.2) is 5.57 Å². The Labute approximate surface area is 195 Å². The molecule has 0 rings (SSSR count). The Kier molecular flexibility index (Phi) is 8.68. The highest BCUT2D eigenvalue weighted by Crippen LogP contribution is 2.64. The molecule has 0 bridgehead atoms. The van der Waals surface area contributed by atoms with Crippen LogP contribution >= 0.6 is 0 Å². The predicted octanol–water partition coefficient (Wildman–Crippen LogP) is 6.54. The first-order valence-electron chi connectivity index (χ1n) is 7.97. The molecule has 1 N–H and O–H groups in total. The molecule has 0 aromatic rings. The van der Waals surface area contributed by atoms with E-state index < -0.39 is 82.3 Å². The molecule has 0 aliphatic carbocycles. The monoisotopic (exact) mass is 637 g/mol. The minimum Gasteiger partial charge on any atom is -0.478 e. The van der Waals surface area contributed by atoms with E-state index in [1.54, 1.807) is 0 Å². The SMILES string of the molecule is O=C(O)C(=C(F)C(=O)N(F)C(F)(F)C(F)(F)C(F)(F)C(F)(F)C(F)(F)C(F)(F)C(F)(F)C(F)(F)F)C(F)(F)F. The zero-order chi connectivity index (χ0) is 32.4. The molecule has 1 amide bonds. The molecule has 0 radical (unpaired) electrons. The van der Waals surface area contributed by atoms with Crippen LogP contribution < -0.4 is 0 Å². The fourth-order valence-electron chi connectivity index (χ4n) is 1.94. The Morgan fingerprint density at radius 3 is 1.05 bits per heavy atom. The lowest BCUT2D eigenvalue weighted by atomic mass is 9.90. The maximum Gasteiger partial charge on any atom is 0.460 e. The third kappa shape index (κ3) is 4.97. The van der Waals surface area contributed by atoms with Crippen molar-refractivity contribution in [3.8, 4) is 0 Å². The average molecular weight is 637 g/mol. The summed E-state index contributed by atoms with van der Waals surface area (Å²) in [6, 6.07) is -8.42. The number of carbonyl (C=O) groups is 2. The van der Waals surface area contributed by atoms with E-state index in [2.05, 4.69) is 0 Å². The number of hydrogen-bond acceptors (Lipinski definition) is 2. The molecule has 0 fully saturated rings. The number of alkyl halides is 20. The molecule has 4 nitrogen and oxygen atoms in total. The second kappa shape index (κ2) is 9.36. The fraction of sp³-hybridized carbons (Fsp3) is 0.692. The molecule has 0 unspecified atom stereocenters. The molecule has 0 atom stereocenters. The largest absolute Gasteiger partial charge is 0.478 e. The van der Waals surface area contributed by atoms with Crippen LogP contribution in [0.2, 0.25) is 0 Å². The van der Waals surface area contributed by atoms with Gasteiger partial charge in [0.25, 0.3) is 0 Å². The number of carboxylic acid groups (broad SMARTS) is 1. The van der Waals surface area contributed by atoms with Gasteiger partial charge in [-0.15, -0.1) is 0 Å². The fourth-order valence-corrected chi connectivity index (χ4v) is 1.94. The number of aliphatic carboxylic acids is 1. The van der Waals surface area contributed by atoms with E-state index in [0.717, 1.165) is 0 Å². The summed E-state index contributed by atoms with van der Waals surface area (Å²) in [5.74, 6) is -66.8. The summed E-state index contributed by atoms with van der Waals surface area (Å²) in [4.78, 5) is 21.2. The first kappa shape index (κ1) is 36.1. The van der Waals surface area contributed by atoms with Crippen LogP contribution in [0.1, 0.15) is 0 Å². The summed E-state index contributed by atoms with van der Waals surface area (Å²) in [5.41, 5.74) is -4.06. The first-order valence-corrected chi connectivity index (χ1v) is 7.97. The van der Waals surface area contributed by atoms with E-state index in [0.29, 0.717) is 0 Å². The lowest BCUT2D eigenvalue weighted by Crippen LogP contribution is -2.75. The number of carboxylic acids is 1. The molecule has 0 heterocycles. The van der Waals surface area contributed by atoms with Crippen molar-refractivity contribution < 1.29 is 111 Å². The Morgan fingerprint density at radius 2 is 0.795 bits per heavy atom. The highest BCUT2D eigenvalue weighted by molar-refractivity contribution is 6.01. The smallest absolute Gasteiger partial charge is 0.460 e. The number of rotatable bonds is 9. The summed E-state index contributed by atoms with van der Waals surface area (Å²) in [7, 11) is 0. The highest BCUT2D eigenvalue weighted by Gasteiger charge is 2.96. The quantitative estimate of drug-likeness (QED) is 0.135. The molecule has 0 aliphatic heterocycles. The first-order chi connectivity index (χ1) is 16.5. The lowest BCUT2D eigenvalue weighted by molar-refractivity contribution is -0.470. The van der Waals surface area contributed by atoms with E-state index in [-0.39, 0.29) is 0 Å². The molecule has 0 aliphatic rings. The van der Waals surface area contributed by atoms with Gasteiger partial charge in [-0.1, -0.05) is 9.60 Å². The lowest BCUT2D eigenvalue weighted by Gasteiger charge is -2.43. The molecule has 39 heavy (non-hydrogen) atoms. The van der Waals surface area contributed by atoms with E-state index in [4.69, 9.17) is 5.11 Å². The molecule has 0 saturated carbocycles. The minimum atomic E-state index is -9.23. The standard InChI is InChI=1S/C13HF22NO3/c14-2(1(4(38)39)5(15,16)17)3(37)36(35)13(33,34)11(28,29)9(24,25)7(20,21)6(18,19)8(22,23)10(26,27)12(30,31)32/h(H,38,39). The molecule has 0 saturated heterocycles. The van der Waals surface area contributed by atoms with Crippen LogP contribution in [0.5, 0.6) is 0 Å². The van der Waals surface area contributed by atoms with Crippen LogP contribution in [-0.4, -0.2) is 76.0 Å². The van der Waals surface area contributed by atoms with E-state index in [1.807, 2.05) is 0 Å². The Bertz CT molecular complexity index is 1000. The van der Waals surface area contributed by atoms with Gasteiger partial charge in [0.05, 0.1) is 0 Å². The molecule has 0 aromatic carbocycles. The van der Waals surface area contributed by atoms with Gasteiger partial charge in [0.2, 0.25) is 5.83 Å². The molecule has 230 valence electrons. The van der Waals surface area contributed by atoms with Gasteiger partial charge in [-0.3, -0.25) is 4.79 Å². The van der Waals surface area contributed by atoms with E-state index >= 15 is 0 Å². The third-order valence-electron chi connectivity index (χ3n) is 4.03. The number of nitrogens with zero attached hydrogens (tertiary/aromatic N) is 1. The Morgan fingerprint density at radius 1 is 0.513 bits per heavy atom. The Balaban J connectivity index is 7.08. The van der Waals surface area contributed by atoms with Crippen LogP contribution in [0.15, 0.2) is 11.4 Å². The van der Waals surface area contributed by atoms with Gasteiger partial charge in [-0.05, 0) is 0 Å². The zero-order valence-corrected chi connectivity index (χ0v) is 16.5. The van der Waals surface area contributed by atoms with Crippen molar-refractivity contribution in [2.75, 3.05) is 0 Å². The summed E-state index contributed by atoms with van der Waals surface area (Å²) >= 11 is 0. The maximum atomic E-state index is 13.5. The number of halogens is 22. The maximum absolute atomic E-state index is 13.5. The van der Waals surface area contributed by atoms with Crippen molar-refractivity contribution in [2.24, 2.45) is 0 Å². The predicted molar refractivity (Wildman–Crippen MR) is 70.5 cm³/mol. The van der Waals surface area contributed by atoms with Crippen molar-refractivity contribution in [2.45, 2.75) is 53.9 Å². The van der Waals surface area contributed by atoms with Gasteiger partial charge >= 0.3 is 65.8 Å². The van der Waals surface area contributed by atoms with Gasteiger partial charge in [-0.25, -0.2) is 4.79 Å². The summed E-state index contributed by atoms with van der Waals surface area (Å²) in [6.45, 7) is 0. The average Bonchev–Trinajstić information content (AvgIpc) is 2.69. The summed E-state index contributed by atoms with van der Waals surface area (Å²) in [6.07, 6.45) is -14.8. The van der Waals surface area contributed by atoms with Crippen molar-refractivity contribution in [1.29, 1.82) is 0 Å². The number of amides is 1. The normalized spacial score (nSPS) is 16.2. The number of carbonyl (C=O) groups excluding carboxylic acids is 1. The van der Waals surface area contributed by atoms with Gasteiger partial charge < -0.3 is 5.11 Å². The highest BCUT2D eigenvalue weighted by atomic mass is 19.4. The summed E-state index contributed by atoms with van der Waals surface area (Å²) < 4.78 is 285. The second-order valence-corrected chi connectivity index (χ2v) is 6.56. The van der Waals surface area contributed by atoms with Crippen molar-refractivity contribution >= 4 is 11.9 Å². The van der Waals surface area contributed by atoms with Gasteiger partial charge in [-0.2, -0.15) is 92.2 Å². The Hall–Kier alpha value is -2.86. The van der Waals surface area contributed by atoms with Crippen LogP contribution in [0.3, 0.4) is 0 Å². The second-order valence-electron chi connectivity index (χ2n) is 6.56. The van der Waals surface area contributed by atoms with Crippen LogP contribution in [0.25, 0.3) is 0 Å². The zero-order valence-electron chi connectivity index (χ0n) is 16.5. The van der Waals surface area contributed by atoms with Crippen molar-refractivity contribution in [1.82, 2.24) is 5.12 Å². The molecular formula is C13HF22NO3. The topological polar surface area (TPSA) is 57.6 Å². The van der Waals surface area contributed by atoms with Crippen molar-refractivity contribution in [3.05, 3.63) is 11.4 Å². The van der Waals surface area contributed by atoms with Crippen molar-refractivity contribution in [3.63, 3.8) is 0 Å². The van der Waals surface area contributed by atoms with Crippen LogP contribution in [0, 0.1) is 0 Å². The summed E-state index contributed by atoms with van der Waals surface area (Å²) in [5, 5.41) is 3.79. The van der Waals surface area contributed by atoms with Crippen LogP contribution in [0.4, 0.5) is 96.7 Å². The minimum absolute atomic E-state index is 3.75. The molecule has 0 aromatic heterocycles. The third-order valence-corrected chi connectivity index (χ3v) is 4.03. The molecular weight excluding hydrogens is 636 g/mol. The number of hydrogen-bond donors (Lipinski definition) is 1. The van der Waals surface area contributed by atoms with E-state index in [9.17, 15) is 106 Å². The van der Waals surface area contributed by atoms with Gasteiger partial charge in [0.1, 0.15) is 0 Å². The van der Waals surface area contributed by atoms with E-state index in [1.165, 1.54) is 0 Å².